The quantitative estimate of drug-likeness (QED) is 0.863. The van der Waals surface area contributed by atoms with E-state index in [1.165, 1.54) is 17.8 Å². The topological polar surface area (TPSA) is 42.0 Å². The number of nitrogens with one attached hydrogen (secondary N) is 1. The minimum Gasteiger partial charge on any atom is -0.347 e. The highest BCUT2D eigenvalue weighted by molar-refractivity contribution is 7.10. The number of rotatable bonds is 4. The van der Waals surface area contributed by atoms with Crippen LogP contribution in [0.4, 0.5) is 4.39 Å². The summed E-state index contributed by atoms with van der Waals surface area (Å²) in [5.41, 5.74) is 1.19. The van der Waals surface area contributed by atoms with E-state index >= 15 is 0 Å². The van der Waals surface area contributed by atoms with Gasteiger partial charge in [0.15, 0.2) is 0 Å². The van der Waals surface area contributed by atoms with Crippen molar-refractivity contribution in [3.63, 3.8) is 0 Å². The van der Waals surface area contributed by atoms with Gasteiger partial charge in [-0.25, -0.2) is 4.98 Å². The van der Waals surface area contributed by atoms with Crippen molar-refractivity contribution in [2.75, 3.05) is 0 Å². The number of thiophene rings is 1. The van der Waals surface area contributed by atoms with Gasteiger partial charge in [0.05, 0.1) is 12.1 Å². The number of aromatic nitrogens is 1. The third-order valence-electron chi connectivity index (χ3n) is 2.63. The Kier molecular flexibility index (Phi) is 4.04. The van der Waals surface area contributed by atoms with Crippen LogP contribution < -0.4 is 5.32 Å². The zero-order chi connectivity index (χ0) is 13.0. The van der Waals surface area contributed by atoms with Crippen LogP contribution in [0.2, 0.25) is 0 Å². The van der Waals surface area contributed by atoms with Crippen molar-refractivity contribution in [3.8, 4) is 0 Å². The minimum absolute atomic E-state index is 0.0212. The molecule has 0 aromatic carbocycles. The van der Waals surface area contributed by atoms with Crippen molar-refractivity contribution >= 4 is 17.2 Å². The fourth-order valence-corrected chi connectivity index (χ4v) is 2.56. The first-order valence-electron chi connectivity index (χ1n) is 5.66. The maximum absolute atomic E-state index is 13.3. The molecular weight excluding hydrogens is 251 g/mol. The van der Waals surface area contributed by atoms with E-state index in [-0.39, 0.29) is 5.56 Å². The van der Waals surface area contributed by atoms with Gasteiger partial charge in [0.25, 0.3) is 5.91 Å². The second kappa shape index (κ2) is 5.73. The number of amides is 1. The lowest BCUT2D eigenvalue weighted by Gasteiger charge is -2.05. The van der Waals surface area contributed by atoms with Crippen LogP contribution in [-0.4, -0.2) is 10.9 Å². The molecule has 1 amide bonds. The van der Waals surface area contributed by atoms with E-state index in [0.29, 0.717) is 6.54 Å². The number of nitrogens with zero attached hydrogens (tertiary/aromatic N) is 1. The molecule has 0 spiro atoms. The van der Waals surface area contributed by atoms with Gasteiger partial charge in [-0.05, 0) is 35.6 Å². The average Bonchev–Trinajstić information content (AvgIpc) is 2.84. The van der Waals surface area contributed by atoms with E-state index in [0.717, 1.165) is 11.3 Å². The van der Waals surface area contributed by atoms with Gasteiger partial charge in [0, 0.05) is 11.1 Å². The number of halogens is 1. The Morgan fingerprint density at radius 2 is 2.33 bits per heavy atom. The zero-order valence-electron chi connectivity index (χ0n) is 9.94. The lowest BCUT2D eigenvalue weighted by Crippen LogP contribution is -2.24. The predicted octanol–water partition coefficient (Wildman–Crippen LogP) is 2.77. The SMILES string of the molecule is CCc1ccsc1CNC(=O)c1cccnc1F. The average molecular weight is 264 g/mol. The van der Waals surface area contributed by atoms with Crippen LogP contribution in [0.15, 0.2) is 29.8 Å². The van der Waals surface area contributed by atoms with E-state index in [1.807, 2.05) is 11.4 Å². The van der Waals surface area contributed by atoms with Gasteiger partial charge >= 0.3 is 0 Å². The largest absolute Gasteiger partial charge is 0.347 e. The Hall–Kier alpha value is -1.75. The van der Waals surface area contributed by atoms with Gasteiger partial charge in [0.2, 0.25) is 5.95 Å². The lowest BCUT2D eigenvalue weighted by molar-refractivity contribution is 0.0946. The van der Waals surface area contributed by atoms with E-state index < -0.39 is 11.9 Å². The summed E-state index contributed by atoms with van der Waals surface area (Å²) in [5.74, 6) is -1.17. The molecule has 5 heteroatoms. The molecule has 2 aromatic rings. The molecule has 1 N–H and O–H groups in total. The second-order valence-corrected chi connectivity index (χ2v) is 4.75. The molecule has 0 aliphatic heterocycles. The fourth-order valence-electron chi connectivity index (χ4n) is 1.65. The van der Waals surface area contributed by atoms with E-state index in [1.54, 1.807) is 17.4 Å². The molecule has 0 saturated heterocycles. The molecule has 3 nitrogen and oxygen atoms in total. The molecule has 0 fully saturated rings. The zero-order valence-corrected chi connectivity index (χ0v) is 10.8. The number of carbonyl (C=O) groups is 1. The standard InChI is InChI=1S/C13H13FN2OS/c1-2-9-5-7-18-11(9)8-16-13(17)10-4-3-6-15-12(10)14/h3-7H,2,8H2,1H3,(H,16,17). The van der Waals surface area contributed by atoms with Crippen LogP contribution in [0.3, 0.4) is 0 Å². The highest BCUT2D eigenvalue weighted by atomic mass is 32.1. The maximum Gasteiger partial charge on any atom is 0.256 e. The molecule has 0 saturated carbocycles. The van der Waals surface area contributed by atoms with Crippen LogP contribution in [-0.2, 0) is 13.0 Å². The van der Waals surface area contributed by atoms with E-state index in [4.69, 9.17) is 0 Å². The summed E-state index contributed by atoms with van der Waals surface area (Å²) < 4.78 is 13.3. The Morgan fingerprint density at radius 1 is 1.50 bits per heavy atom. The summed E-state index contributed by atoms with van der Waals surface area (Å²) in [7, 11) is 0. The smallest absolute Gasteiger partial charge is 0.256 e. The van der Waals surface area contributed by atoms with Crippen molar-refractivity contribution in [3.05, 3.63) is 51.7 Å². The maximum atomic E-state index is 13.3. The van der Waals surface area contributed by atoms with Crippen molar-refractivity contribution < 1.29 is 9.18 Å². The molecule has 0 aliphatic rings. The van der Waals surface area contributed by atoms with Crippen LogP contribution >= 0.6 is 11.3 Å². The van der Waals surface area contributed by atoms with Gasteiger partial charge in [-0.3, -0.25) is 4.79 Å². The summed E-state index contributed by atoms with van der Waals surface area (Å²) in [6, 6.07) is 5.00. The highest BCUT2D eigenvalue weighted by Crippen LogP contribution is 2.17. The molecule has 2 aromatic heterocycles. The molecular formula is C13H13FN2OS. The molecule has 2 heterocycles. The monoisotopic (exact) mass is 264 g/mol. The number of pyridine rings is 1. The molecule has 0 unspecified atom stereocenters. The predicted molar refractivity (Wildman–Crippen MR) is 69.1 cm³/mol. The van der Waals surface area contributed by atoms with Crippen LogP contribution in [0.5, 0.6) is 0 Å². The number of carbonyl (C=O) groups excluding carboxylic acids is 1. The first kappa shape index (κ1) is 12.7. The Bertz CT molecular complexity index is 553. The van der Waals surface area contributed by atoms with Crippen molar-refractivity contribution in [1.82, 2.24) is 10.3 Å². The van der Waals surface area contributed by atoms with Gasteiger partial charge in [-0.1, -0.05) is 6.92 Å². The molecule has 2 rings (SSSR count). The Labute approximate surface area is 109 Å². The lowest BCUT2D eigenvalue weighted by atomic mass is 10.2. The summed E-state index contributed by atoms with van der Waals surface area (Å²) in [4.78, 5) is 16.3. The summed E-state index contributed by atoms with van der Waals surface area (Å²) in [5, 5.41) is 4.70. The molecule has 94 valence electrons. The third-order valence-corrected chi connectivity index (χ3v) is 3.60. The van der Waals surface area contributed by atoms with Gasteiger partial charge in [0.1, 0.15) is 0 Å². The summed E-state index contributed by atoms with van der Waals surface area (Å²) >= 11 is 1.59. The van der Waals surface area contributed by atoms with Crippen molar-refractivity contribution in [2.24, 2.45) is 0 Å². The van der Waals surface area contributed by atoms with Crippen LogP contribution in [0, 0.1) is 5.95 Å². The second-order valence-electron chi connectivity index (χ2n) is 3.75. The fraction of sp³-hybridized carbons (Fsp3) is 0.231. The van der Waals surface area contributed by atoms with Gasteiger partial charge < -0.3 is 5.32 Å². The van der Waals surface area contributed by atoms with E-state index in [2.05, 4.69) is 17.2 Å². The first-order valence-corrected chi connectivity index (χ1v) is 6.54. The Balaban J connectivity index is 2.03. The van der Waals surface area contributed by atoms with Gasteiger partial charge in [-0.2, -0.15) is 4.39 Å². The molecule has 0 aliphatic carbocycles. The minimum atomic E-state index is -0.739. The van der Waals surface area contributed by atoms with Crippen molar-refractivity contribution in [2.45, 2.75) is 19.9 Å². The first-order chi connectivity index (χ1) is 8.72. The molecule has 0 atom stereocenters. The van der Waals surface area contributed by atoms with Crippen LogP contribution in [0.25, 0.3) is 0 Å². The Morgan fingerprint density at radius 3 is 3.06 bits per heavy atom. The summed E-state index contributed by atoms with van der Waals surface area (Å²) in [6.45, 7) is 2.49. The number of hydrogen-bond acceptors (Lipinski definition) is 3. The molecule has 18 heavy (non-hydrogen) atoms. The number of aryl methyl sites for hydroxylation is 1. The van der Waals surface area contributed by atoms with E-state index in [9.17, 15) is 9.18 Å². The van der Waals surface area contributed by atoms with Crippen molar-refractivity contribution in [1.29, 1.82) is 0 Å². The highest BCUT2D eigenvalue weighted by Gasteiger charge is 2.12. The molecule has 0 radical (unpaired) electrons. The normalized spacial score (nSPS) is 10.3. The van der Waals surface area contributed by atoms with Crippen LogP contribution in [0.1, 0.15) is 27.7 Å². The third kappa shape index (κ3) is 2.73. The molecule has 0 bridgehead atoms. The number of hydrogen-bond donors (Lipinski definition) is 1. The van der Waals surface area contributed by atoms with Gasteiger partial charge in [-0.15, -0.1) is 11.3 Å². The summed E-state index contributed by atoms with van der Waals surface area (Å²) in [6.07, 6.45) is 2.25.